The first-order valence-corrected chi connectivity index (χ1v) is 8.19. The number of benzene rings is 1. The van der Waals surface area contributed by atoms with Crippen molar-refractivity contribution in [2.45, 2.75) is 47.0 Å². The minimum atomic E-state index is 0.278. The van der Waals surface area contributed by atoms with Crippen molar-refractivity contribution in [3.05, 3.63) is 35.9 Å². The Balaban J connectivity index is 2.06. The van der Waals surface area contributed by atoms with E-state index in [9.17, 15) is 0 Å². The molecule has 2 heteroatoms. The van der Waals surface area contributed by atoms with E-state index in [-0.39, 0.29) is 5.41 Å². The van der Waals surface area contributed by atoms with E-state index in [0.29, 0.717) is 19.1 Å². The first-order chi connectivity index (χ1) is 9.99. The molecule has 0 aliphatic heterocycles. The fourth-order valence-electron chi connectivity index (χ4n) is 2.23. The highest BCUT2D eigenvalue weighted by Crippen LogP contribution is 2.25. The van der Waals surface area contributed by atoms with E-state index >= 15 is 0 Å². The van der Waals surface area contributed by atoms with Gasteiger partial charge in [-0.05, 0) is 36.2 Å². The average molecular weight is 292 g/mol. The molecule has 0 saturated heterocycles. The quantitative estimate of drug-likeness (QED) is 0.549. The maximum atomic E-state index is 5.69. The summed E-state index contributed by atoms with van der Waals surface area (Å²) in [7, 11) is 0. The van der Waals surface area contributed by atoms with E-state index in [2.05, 4.69) is 58.0 Å². The maximum Gasteiger partial charge on any atom is 0.0700 e. The van der Waals surface area contributed by atoms with Crippen molar-refractivity contribution < 1.29 is 9.47 Å². The average Bonchev–Trinajstić information content (AvgIpc) is 2.42. The first-order valence-electron chi connectivity index (χ1n) is 8.19. The van der Waals surface area contributed by atoms with Gasteiger partial charge in [0.2, 0.25) is 0 Å². The second kappa shape index (κ2) is 9.97. The fourth-order valence-corrected chi connectivity index (χ4v) is 2.23. The summed E-state index contributed by atoms with van der Waals surface area (Å²) in [5, 5.41) is 0. The molecule has 0 bridgehead atoms. The molecule has 0 aliphatic rings. The summed E-state index contributed by atoms with van der Waals surface area (Å²) >= 11 is 0. The van der Waals surface area contributed by atoms with Gasteiger partial charge in [-0.3, -0.25) is 0 Å². The second-order valence-corrected chi connectivity index (χ2v) is 6.98. The molecule has 0 saturated carbocycles. The molecule has 21 heavy (non-hydrogen) atoms. The van der Waals surface area contributed by atoms with E-state index in [1.54, 1.807) is 0 Å². The highest BCUT2D eigenvalue weighted by molar-refractivity contribution is 5.16. The lowest BCUT2D eigenvalue weighted by atomic mass is 9.83. The number of ether oxygens (including phenoxy) is 2. The standard InChI is InChI=1S/C19H32O2/c1-17(2)10-12-20-14-15-21-13-11-19(3,4)16-18-8-6-5-7-9-18/h5-9,17H,10-16H2,1-4H3. The van der Waals surface area contributed by atoms with Crippen molar-refractivity contribution in [2.75, 3.05) is 26.4 Å². The van der Waals surface area contributed by atoms with Crippen molar-refractivity contribution in [3.63, 3.8) is 0 Å². The van der Waals surface area contributed by atoms with Crippen LogP contribution in [0.5, 0.6) is 0 Å². The predicted molar refractivity (Wildman–Crippen MR) is 89.6 cm³/mol. The Bertz CT molecular complexity index is 357. The number of rotatable bonds is 11. The van der Waals surface area contributed by atoms with Crippen LogP contribution >= 0.6 is 0 Å². The van der Waals surface area contributed by atoms with Crippen LogP contribution in [-0.2, 0) is 15.9 Å². The minimum absolute atomic E-state index is 0.278. The van der Waals surface area contributed by atoms with E-state index in [0.717, 1.165) is 32.5 Å². The Morgan fingerprint density at radius 1 is 0.905 bits per heavy atom. The summed E-state index contributed by atoms with van der Waals surface area (Å²) in [5.41, 5.74) is 1.68. The van der Waals surface area contributed by atoms with Gasteiger partial charge in [0.1, 0.15) is 0 Å². The van der Waals surface area contributed by atoms with Gasteiger partial charge in [0.25, 0.3) is 0 Å². The van der Waals surface area contributed by atoms with Crippen LogP contribution < -0.4 is 0 Å². The van der Waals surface area contributed by atoms with Crippen LogP contribution in [0.2, 0.25) is 0 Å². The summed E-state index contributed by atoms with van der Waals surface area (Å²) in [4.78, 5) is 0. The summed E-state index contributed by atoms with van der Waals surface area (Å²) in [6.45, 7) is 12.1. The van der Waals surface area contributed by atoms with E-state index in [1.165, 1.54) is 5.56 Å². The molecule has 0 radical (unpaired) electrons. The molecule has 120 valence electrons. The normalized spacial score (nSPS) is 12.0. The SMILES string of the molecule is CC(C)CCOCCOCCC(C)(C)Cc1ccccc1. The Morgan fingerprint density at radius 3 is 2.14 bits per heavy atom. The molecule has 0 fully saturated rings. The van der Waals surface area contributed by atoms with E-state index < -0.39 is 0 Å². The highest BCUT2D eigenvalue weighted by Gasteiger charge is 2.18. The fraction of sp³-hybridized carbons (Fsp3) is 0.684. The van der Waals surface area contributed by atoms with Gasteiger partial charge in [-0.2, -0.15) is 0 Å². The van der Waals surface area contributed by atoms with Crippen LogP contribution in [0.15, 0.2) is 30.3 Å². The molecular weight excluding hydrogens is 260 g/mol. The Morgan fingerprint density at radius 2 is 1.52 bits per heavy atom. The third-order valence-electron chi connectivity index (χ3n) is 3.66. The third kappa shape index (κ3) is 9.65. The van der Waals surface area contributed by atoms with Crippen molar-refractivity contribution >= 4 is 0 Å². The van der Waals surface area contributed by atoms with Gasteiger partial charge >= 0.3 is 0 Å². The Hall–Kier alpha value is -0.860. The summed E-state index contributed by atoms with van der Waals surface area (Å²) in [5.74, 6) is 0.713. The number of hydrogen-bond donors (Lipinski definition) is 0. The van der Waals surface area contributed by atoms with Crippen LogP contribution in [0.3, 0.4) is 0 Å². The molecule has 0 spiro atoms. The first kappa shape index (κ1) is 18.2. The Labute approximate surface area is 130 Å². The molecule has 0 amide bonds. The lowest BCUT2D eigenvalue weighted by molar-refractivity contribution is 0.0343. The van der Waals surface area contributed by atoms with E-state index in [1.807, 2.05) is 0 Å². The lowest BCUT2D eigenvalue weighted by Crippen LogP contribution is -2.18. The maximum absolute atomic E-state index is 5.69. The van der Waals surface area contributed by atoms with Crippen LogP contribution in [0.25, 0.3) is 0 Å². The second-order valence-electron chi connectivity index (χ2n) is 6.98. The third-order valence-corrected chi connectivity index (χ3v) is 3.66. The smallest absolute Gasteiger partial charge is 0.0700 e. The van der Waals surface area contributed by atoms with Crippen molar-refractivity contribution in [1.29, 1.82) is 0 Å². The van der Waals surface area contributed by atoms with Crippen LogP contribution in [-0.4, -0.2) is 26.4 Å². The molecular formula is C19H32O2. The van der Waals surface area contributed by atoms with Gasteiger partial charge in [-0.1, -0.05) is 58.0 Å². The van der Waals surface area contributed by atoms with Gasteiger partial charge in [0.05, 0.1) is 13.2 Å². The number of hydrogen-bond acceptors (Lipinski definition) is 2. The molecule has 0 heterocycles. The van der Waals surface area contributed by atoms with Crippen LogP contribution in [0, 0.1) is 11.3 Å². The van der Waals surface area contributed by atoms with Gasteiger partial charge < -0.3 is 9.47 Å². The lowest BCUT2D eigenvalue weighted by Gasteiger charge is -2.24. The summed E-state index contributed by atoms with van der Waals surface area (Å²) < 4.78 is 11.2. The van der Waals surface area contributed by atoms with Gasteiger partial charge in [0, 0.05) is 13.2 Å². The summed E-state index contributed by atoms with van der Waals surface area (Å²) in [6, 6.07) is 10.7. The largest absolute Gasteiger partial charge is 0.379 e. The minimum Gasteiger partial charge on any atom is -0.379 e. The molecule has 1 rings (SSSR count). The summed E-state index contributed by atoms with van der Waals surface area (Å²) in [6.07, 6.45) is 3.31. The van der Waals surface area contributed by atoms with Gasteiger partial charge in [-0.15, -0.1) is 0 Å². The van der Waals surface area contributed by atoms with Crippen LogP contribution in [0.4, 0.5) is 0 Å². The molecule has 0 aromatic heterocycles. The molecule has 1 aromatic rings. The zero-order valence-corrected chi connectivity index (χ0v) is 14.2. The molecule has 2 nitrogen and oxygen atoms in total. The Kier molecular flexibility index (Phi) is 8.63. The molecule has 0 aliphatic carbocycles. The van der Waals surface area contributed by atoms with Gasteiger partial charge in [-0.25, -0.2) is 0 Å². The molecule has 0 unspecified atom stereocenters. The topological polar surface area (TPSA) is 18.5 Å². The molecule has 0 N–H and O–H groups in total. The monoisotopic (exact) mass is 292 g/mol. The van der Waals surface area contributed by atoms with Gasteiger partial charge in [0.15, 0.2) is 0 Å². The zero-order valence-electron chi connectivity index (χ0n) is 14.2. The highest BCUT2D eigenvalue weighted by atomic mass is 16.5. The molecule has 1 aromatic carbocycles. The van der Waals surface area contributed by atoms with Crippen molar-refractivity contribution in [3.8, 4) is 0 Å². The van der Waals surface area contributed by atoms with E-state index in [4.69, 9.17) is 9.47 Å². The predicted octanol–water partition coefficient (Wildman–Crippen LogP) is 4.72. The van der Waals surface area contributed by atoms with Crippen molar-refractivity contribution in [1.82, 2.24) is 0 Å². The van der Waals surface area contributed by atoms with Crippen LogP contribution in [0.1, 0.15) is 46.1 Å². The van der Waals surface area contributed by atoms with Crippen molar-refractivity contribution in [2.24, 2.45) is 11.3 Å². The molecule has 0 atom stereocenters. The zero-order chi connectivity index (χ0) is 15.6.